The van der Waals surface area contributed by atoms with Crippen LogP contribution in [0.1, 0.15) is 72.1 Å². The summed E-state index contributed by atoms with van der Waals surface area (Å²) in [6.45, 7) is 6.65. The van der Waals surface area contributed by atoms with Crippen LogP contribution in [0.4, 0.5) is 0 Å². The predicted octanol–water partition coefficient (Wildman–Crippen LogP) is 3.71. The van der Waals surface area contributed by atoms with E-state index in [2.05, 4.69) is 19.2 Å². The van der Waals surface area contributed by atoms with Gasteiger partial charge in [0.05, 0.1) is 0 Å². The second-order valence-electron chi connectivity index (χ2n) is 9.37. The molecule has 0 aromatic carbocycles. The number of carbonyl (C=O) groups is 2. The minimum atomic E-state index is 0.244. The lowest BCUT2D eigenvalue weighted by atomic mass is 9.47. The molecule has 1 saturated heterocycles. The molecule has 0 radical (unpaired) electrons. The number of ketones is 1. The summed E-state index contributed by atoms with van der Waals surface area (Å²) >= 11 is 0. The van der Waals surface area contributed by atoms with Crippen LogP contribution in [0.15, 0.2) is 0 Å². The van der Waals surface area contributed by atoms with Crippen molar-refractivity contribution in [1.82, 2.24) is 5.32 Å². The normalized spacial score (nSPS) is 52.1. The van der Waals surface area contributed by atoms with Crippen LogP contribution in [0.2, 0.25) is 0 Å². The van der Waals surface area contributed by atoms with Gasteiger partial charge in [-0.25, -0.2) is 0 Å². The number of piperidine rings is 1. The lowest BCUT2D eigenvalue weighted by Gasteiger charge is -2.60. The molecule has 7 atom stereocenters. The topological polar surface area (TPSA) is 46.2 Å². The number of fused-ring (bicyclic) bond motifs is 5. The first-order valence-electron chi connectivity index (χ1n) is 9.66. The number of carbonyl (C=O) groups excluding carboxylic acids is 2. The quantitative estimate of drug-likeness (QED) is 0.801. The van der Waals surface area contributed by atoms with Gasteiger partial charge in [-0.15, -0.1) is 0 Å². The first-order chi connectivity index (χ1) is 10.9. The molecule has 0 aromatic rings. The Morgan fingerprint density at radius 3 is 2.48 bits per heavy atom. The van der Waals surface area contributed by atoms with Crippen LogP contribution in [-0.4, -0.2) is 17.7 Å². The van der Waals surface area contributed by atoms with E-state index < -0.39 is 0 Å². The Balaban J connectivity index is 1.63. The molecule has 0 spiro atoms. The first kappa shape index (κ1) is 15.7. The summed E-state index contributed by atoms with van der Waals surface area (Å²) < 4.78 is 0. The van der Waals surface area contributed by atoms with Crippen LogP contribution < -0.4 is 5.32 Å². The Hall–Kier alpha value is -0.860. The average molecular weight is 317 g/mol. The highest BCUT2D eigenvalue weighted by molar-refractivity contribution is 5.79. The van der Waals surface area contributed by atoms with Gasteiger partial charge in [0, 0.05) is 18.4 Å². The van der Waals surface area contributed by atoms with Gasteiger partial charge in [0.25, 0.3) is 0 Å². The maximum absolute atomic E-state index is 12.1. The van der Waals surface area contributed by atoms with Gasteiger partial charge in [0.1, 0.15) is 5.78 Å². The zero-order valence-corrected chi connectivity index (χ0v) is 14.9. The number of rotatable bonds is 1. The Morgan fingerprint density at radius 1 is 1.00 bits per heavy atom. The minimum Gasteiger partial charge on any atom is -0.353 e. The number of nitrogens with one attached hydrogen (secondary N) is 1. The zero-order chi connectivity index (χ0) is 16.4. The van der Waals surface area contributed by atoms with Crippen molar-refractivity contribution in [2.45, 2.75) is 78.2 Å². The third-order valence-electron chi connectivity index (χ3n) is 8.59. The summed E-state index contributed by atoms with van der Waals surface area (Å²) in [4.78, 5) is 24.0. The predicted molar refractivity (Wildman–Crippen MR) is 89.7 cm³/mol. The van der Waals surface area contributed by atoms with Crippen molar-refractivity contribution in [3.63, 3.8) is 0 Å². The molecule has 1 N–H and O–H groups in total. The molecule has 1 amide bonds. The molecule has 5 unspecified atom stereocenters. The summed E-state index contributed by atoms with van der Waals surface area (Å²) in [5.74, 6) is 3.21. The Morgan fingerprint density at radius 2 is 1.74 bits per heavy atom. The molecule has 3 saturated carbocycles. The van der Waals surface area contributed by atoms with Gasteiger partial charge in [-0.1, -0.05) is 13.8 Å². The van der Waals surface area contributed by atoms with Crippen molar-refractivity contribution in [3.8, 4) is 0 Å². The number of amides is 1. The summed E-state index contributed by atoms with van der Waals surface area (Å²) in [6, 6.07) is 0.388. The van der Waals surface area contributed by atoms with Gasteiger partial charge in [0.2, 0.25) is 5.91 Å². The van der Waals surface area contributed by atoms with Crippen molar-refractivity contribution in [1.29, 1.82) is 0 Å². The fraction of sp³-hybridized carbons (Fsp3) is 0.900. The van der Waals surface area contributed by atoms with Crippen molar-refractivity contribution in [2.24, 2.45) is 34.5 Å². The molecule has 3 nitrogen and oxygen atoms in total. The molecule has 4 fully saturated rings. The van der Waals surface area contributed by atoms with Gasteiger partial charge in [-0.3, -0.25) is 9.59 Å². The van der Waals surface area contributed by atoms with Crippen LogP contribution >= 0.6 is 0 Å². The summed E-state index contributed by atoms with van der Waals surface area (Å²) in [6.07, 6.45) is 8.96. The van der Waals surface area contributed by atoms with Crippen LogP contribution in [0.25, 0.3) is 0 Å². The van der Waals surface area contributed by atoms with E-state index in [-0.39, 0.29) is 16.7 Å². The third kappa shape index (κ3) is 2.07. The molecule has 3 aliphatic carbocycles. The van der Waals surface area contributed by atoms with E-state index in [4.69, 9.17) is 0 Å². The van der Waals surface area contributed by atoms with Crippen LogP contribution in [0, 0.1) is 34.5 Å². The highest BCUT2D eigenvalue weighted by Crippen LogP contribution is 2.65. The van der Waals surface area contributed by atoms with Gasteiger partial charge in [-0.2, -0.15) is 0 Å². The van der Waals surface area contributed by atoms with Crippen molar-refractivity contribution in [2.75, 3.05) is 0 Å². The van der Waals surface area contributed by atoms with Crippen LogP contribution in [0.3, 0.4) is 0 Å². The van der Waals surface area contributed by atoms with Crippen molar-refractivity contribution in [3.05, 3.63) is 0 Å². The monoisotopic (exact) mass is 317 g/mol. The lowest BCUT2D eigenvalue weighted by Crippen LogP contribution is -2.61. The fourth-order valence-electron chi connectivity index (χ4n) is 7.37. The second-order valence-corrected chi connectivity index (χ2v) is 9.37. The maximum atomic E-state index is 12.1. The van der Waals surface area contributed by atoms with Gasteiger partial charge in [0.15, 0.2) is 0 Å². The number of Topliss-reactive ketones (excluding diaryl/α,β-unsaturated/α-hetero) is 1. The van der Waals surface area contributed by atoms with Crippen molar-refractivity contribution < 1.29 is 9.59 Å². The first-order valence-corrected chi connectivity index (χ1v) is 9.66. The Bertz CT molecular complexity index is 544. The van der Waals surface area contributed by atoms with E-state index in [0.717, 1.165) is 37.0 Å². The Labute approximate surface area is 140 Å². The number of hydrogen-bond acceptors (Lipinski definition) is 2. The molecular formula is C20H31NO2. The zero-order valence-electron chi connectivity index (χ0n) is 14.9. The largest absolute Gasteiger partial charge is 0.353 e. The lowest BCUT2D eigenvalue weighted by molar-refractivity contribution is -0.140. The average Bonchev–Trinajstić information content (AvgIpc) is 2.85. The van der Waals surface area contributed by atoms with Gasteiger partial charge in [-0.05, 0) is 80.5 Å². The van der Waals surface area contributed by atoms with E-state index in [0.29, 0.717) is 24.2 Å². The minimum absolute atomic E-state index is 0.244. The SMILES string of the molecule is CC(=O)[C@H]1CCC2C3CC[C@@H]4NC(=O)CCC4(C)C3CCC21C. The third-order valence-corrected chi connectivity index (χ3v) is 8.59. The van der Waals surface area contributed by atoms with E-state index in [1.54, 1.807) is 6.92 Å². The van der Waals surface area contributed by atoms with E-state index in [1.165, 1.54) is 25.7 Å². The standard InChI is InChI=1S/C20H31NO2/c1-12(22)14-5-6-15-13-4-7-17-20(3,11-9-18(23)21-17)16(13)8-10-19(14,15)2/h13-17H,4-11H2,1-3H3,(H,21,23)/t13?,14-,15?,16?,17+,19?,20?/m1/s1. The molecule has 128 valence electrons. The maximum Gasteiger partial charge on any atom is 0.220 e. The fourth-order valence-corrected chi connectivity index (χ4v) is 7.37. The molecule has 1 aliphatic heterocycles. The van der Waals surface area contributed by atoms with Gasteiger partial charge < -0.3 is 5.32 Å². The highest BCUT2D eigenvalue weighted by atomic mass is 16.1. The van der Waals surface area contributed by atoms with Crippen molar-refractivity contribution >= 4 is 11.7 Å². The molecule has 0 bridgehead atoms. The molecule has 1 heterocycles. The molecule has 0 aromatic heterocycles. The molecule has 23 heavy (non-hydrogen) atoms. The molecule has 3 heteroatoms. The summed E-state index contributed by atoms with van der Waals surface area (Å²) in [5.41, 5.74) is 0.528. The van der Waals surface area contributed by atoms with E-state index in [9.17, 15) is 9.59 Å². The molecule has 4 rings (SSSR count). The Kier molecular flexibility index (Phi) is 3.45. The highest BCUT2D eigenvalue weighted by Gasteiger charge is 2.60. The smallest absolute Gasteiger partial charge is 0.220 e. The van der Waals surface area contributed by atoms with Crippen LogP contribution in [-0.2, 0) is 9.59 Å². The molecular weight excluding hydrogens is 286 g/mol. The van der Waals surface area contributed by atoms with Gasteiger partial charge >= 0.3 is 0 Å². The van der Waals surface area contributed by atoms with E-state index >= 15 is 0 Å². The molecule has 4 aliphatic rings. The number of hydrogen-bond donors (Lipinski definition) is 1. The van der Waals surface area contributed by atoms with E-state index in [1.807, 2.05) is 0 Å². The summed E-state index contributed by atoms with van der Waals surface area (Å²) in [5, 5.41) is 3.30. The summed E-state index contributed by atoms with van der Waals surface area (Å²) in [7, 11) is 0. The van der Waals surface area contributed by atoms with Crippen LogP contribution in [0.5, 0.6) is 0 Å². The second kappa shape index (κ2) is 5.07.